The molecule has 1 heterocycles. The summed E-state index contributed by atoms with van der Waals surface area (Å²) in [6.07, 6.45) is 1.65. The highest BCUT2D eigenvalue weighted by Crippen LogP contribution is 2.19. The summed E-state index contributed by atoms with van der Waals surface area (Å²) in [5.74, 6) is 0.606. The maximum absolute atomic E-state index is 12.3. The second-order valence-corrected chi connectivity index (χ2v) is 5.92. The lowest BCUT2D eigenvalue weighted by atomic mass is 10.2. The van der Waals surface area contributed by atoms with Crippen LogP contribution in [-0.4, -0.2) is 18.0 Å². The van der Waals surface area contributed by atoms with Crippen LogP contribution in [0.1, 0.15) is 21.6 Å². The van der Waals surface area contributed by atoms with Crippen LogP contribution in [0.4, 0.5) is 11.4 Å². The van der Waals surface area contributed by atoms with E-state index in [-0.39, 0.29) is 5.91 Å². The molecular weight excluding hydrogens is 326 g/mol. The van der Waals surface area contributed by atoms with Gasteiger partial charge in [0.1, 0.15) is 11.4 Å². The number of hydrogen-bond acceptors (Lipinski definition) is 4. The number of amides is 1. The summed E-state index contributed by atoms with van der Waals surface area (Å²) in [6, 6.07) is 19.0. The fourth-order valence-electron chi connectivity index (χ4n) is 2.60. The Morgan fingerprint density at radius 1 is 1.04 bits per heavy atom. The second-order valence-electron chi connectivity index (χ2n) is 5.92. The quantitative estimate of drug-likeness (QED) is 0.699. The van der Waals surface area contributed by atoms with Crippen molar-refractivity contribution in [1.29, 1.82) is 0 Å². The SMILES string of the molecule is COc1ccccc1CNc1ccc(C(=O)Nc2cccc(C)c2)nc1. The van der Waals surface area contributed by atoms with Gasteiger partial charge in [-0.25, -0.2) is 4.98 Å². The van der Waals surface area contributed by atoms with E-state index in [1.165, 1.54) is 0 Å². The van der Waals surface area contributed by atoms with E-state index in [0.29, 0.717) is 12.2 Å². The first kappa shape index (κ1) is 17.5. The van der Waals surface area contributed by atoms with Crippen molar-refractivity contribution in [3.05, 3.63) is 83.7 Å². The number of nitrogens with one attached hydrogen (secondary N) is 2. The minimum Gasteiger partial charge on any atom is -0.496 e. The normalized spacial score (nSPS) is 10.2. The number of aryl methyl sites for hydroxylation is 1. The van der Waals surface area contributed by atoms with E-state index in [2.05, 4.69) is 15.6 Å². The topological polar surface area (TPSA) is 63.2 Å². The number of carbonyl (C=O) groups is 1. The lowest BCUT2D eigenvalue weighted by molar-refractivity contribution is 0.102. The molecule has 0 unspecified atom stereocenters. The minimum absolute atomic E-state index is 0.230. The summed E-state index contributed by atoms with van der Waals surface area (Å²) in [5, 5.41) is 6.14. The van der Waals surface area contributed by atoms with E-state index < -0.39 is 0 Å². The summed E-state index contributed by atoms with van der Waals surface area (Å²) in [4.78, 5) is 16.5. The Balaban J connectivity index is 1.62. The second kappa shape index (κ2) is 8.16. The zero-order valence-corrected chi connectivity index (χ0v) is 14.8. The zero-order valence-electron chi connectivity index (χ0n) is 14.8. The molecule has 5 nitrogen and oxygen atoms in total. The summed E-state index contributed by atoms with van der Waals surface area (Å²) < 4.78 is 5.34. The van der Waals surface area contributed by atoms with Gasteiger partial charge in [-0.3, -0.25) is 4.79 Å². The summed E-state index contributed by atoms with van der Waals surface area (Å²) >= 11 is 0. The number of para-hydroxylation sites is 1. The van der Waals surface area contributed by atoms with E-state index in [9.17, 15) is 4.79 Å². The van der Waals surface area contributed by atoms with Crippen LogP contribution < -0.4 is 15.4 Å². The largest absolute Gasteiger partial charge is 0.496 e. The molecule has 0 spiro atoms. The number of benzene rings is 2. The first-order chi connectivity index (χ1) is 12.7. The minimum atomic E-state index is -0.230. The van der Waals surface area contributed by atoms with Crippen molar-refractivity contribution in [3.8, 4) is 5.75 Å². The molecule has 0 aliphatic heterocycles. The molecule has 0 fully saturated rings. The van der Waals surface area contributed by atoms with Crippen molar-refractivity contribution in [2.24, 2.45) is 0 Å². The molecule has 0 saturated heterocycles. The van der Waals surface area contributed by atoms with Crippen molar-refractivity contribution in [1.82, 2.24) is 4.98 Å². The lowest BCUT2D eigenvalue weighted by Crippen LogP contribution is -2.13. The van der Waals surface area contributed by atoms with E-state index in [0.717, 1.165) is 28.3 Å². The third kappa shape index (κ3) is 4.39. The number of anilines is 2. The Morgan fingerprint density at radius 3 is 2.62 bits per heavy atom. The summed E-state index contributed by atoms with van der Waals surface area (Å²) in [7, 11) is 1.65. The third-order valence-electron chi connectivity index (χ3n) is 3.95. The molecule has 0 atom stereocenters. The van der Waals surface area contributed by atoms with Gasteiger partial charge in [-0.05, 0) is 42.8 Å². The highest BCUT2D eigenvalue weighted by molar-refractivity contribution is 6.02. The predicted octanol–water partition coefficient (Wildman–Crippen LogP) is 4.26. The molecule has 5 heteroatoms. The van der Waals surface area contributed by atoms with Gasteiger partial charge >= 0.3 is 0 Å². The molecular formula is C21H21N3O2. The Morgan fingerprint density at radius 2 is 1.88 bits per heavy atom. The van der Waals surface area contributed by atoms with E-state index >= 15 is 0 Å². The van der Waals surface area contributed by atoms with Gasteiger partial charge in [-0.1, -0.05) is 30.3 Å². The third-order valence-corrected chi connectivity index (χ3v) is 3.95. The van der Waals surface area contributed by atoms with Crippen LogP contribution in [0.2, 0.25) is 0 Å². The molecule has 0 saturated carbocycles. The summed E-state index contributed by atoms with van der Waals surface area (Å²) in [6.45, 7) is 2.59. The molecule has 2 aromatic carbocycles. The van der Waals surface area contributed by atoms with Crippen LogP contribution in [0.25, 0.3) is 0 Å². The van der Waals surface area contributed by atoms with Gasteiger partial charge in [-0.15, -0.1) is 0 Å². The van der Waals surface area contributed by atoms with Gasteiger partial charge in [-0.2, -0.15) is 0 Å². The molecule has 0 aliphatic rings. The molecule has 132 valence electrons. The first-order valence-electron chi connectivity index (χ1n) is 8.35. The highest BCUT2D eigenvalue weighted by Gasteiger charge is 2.08. The molecule has 1 aromatic heterocycles. The number of carbonyl (C=O) groups excluding carboxylic acids is 1. The van der Waals surface area contributed by atoms with Gasteiger partial charge in [0.15, 0.2) is 0 Å². The fourth-order valence-corrected chi connectivity index (χ4v) is 2.60. The van der Waals surface area contributed by atoms with Gasteiger partial charge in [0.05, 0.1) is 19.0 Å². The maximum atomic E-state index is 12.3. The van der Waals surface area contributed by atoms with Crippen LogP contribution in [0.3, 0.4) is 0 Å². The number of pyridine rings is 1. The van der Waals surface area contributed by atoms with Gasteiger partial charge in [0, 0.05) is 17.8 Å². The molecule has 0 bridgehead atoms. The van der Waals surface area contributed by atoms with Crippen molar-refractivity contribution >= 4 is 17.3 Å². The number of nitrogens with zero attached hydrogens (tertiary/aromatic N) is 1. The van der Waals surface area contributed by atoms with Crippen LogP contribution in [0, 0.1) is 6.92 Å². The Bertz CT molecular complexity index is 892. The Hall–Kier alpha value is -3.34. The Kier molecular flexibility index (Phi) is 5.49. The average Bonchev–Trinajstić information content (AvgIpc) is 2.67. The first-order valence-corrected chi connectivity index (χ1v) is 8.35. The number of ether oxygens (including phenoxy) is 1. The molecule has 3 aromatic rings. The van der Waals surface area contributed by atoms with Crippen molar-refractivity contribution in [3.63, 3.8) is 0 Å². The molecule has 2 N–H and O–H groups in total. The molecule has 1 amide bonds. The average molecular weight is 347 g/mol. The van der Waals surface area contributed by atoms with Gasteiger partial charge in [0.2, 0.25) is 0 Å². The van der Waals surface area contributed by atoms with Gasteiger partial charge < -0.3 is 15.4 Å². The molecule has 0 aliphatic carbocycles. The van der Waals surface area contributed by atoms with E-state index in [4.69, 9.17) is 4.74 Å². The Labute approximate surface area is 153 Å². The number of rotatable bonds is 6. The standard InChI is InChI=1S/C21H21N3O2/c1-15-6-5-8-17(12-15)24-21(25)19-11-10-18(14-23-19)22-13-16-7-3-4-9-20(16)26-2/h3-12,14,22H,13H2,1-2H3,(H,24,25). The van der Waals surface area contributed by atoms with Gasteiger partial charge in [0.25, 0.3) is 5.91 Å². The molecule has 26 heavy (non-hydrogen) atoms. The van der Waals surface area contributed by atoms with Crippen LogP contribution in [-0.2, 0) is 6.54 Å². The van der Waals surface area contributed by atoms with E-state index in [1.807, 2.05) is 61.5 Å². The highest BCUT2D eigenvalue weighted by atomic mass is 16.5. The predicted molar refractivity (Wildman–Crippen MR) is 104 cm³/mol. The van der Waals surface area contributed by atoms with Crippen molar-refractivity contribution in [2.45, 2.75) is 13.5 Å². The van der Waals surface area contributed by atoms with Crippen molar-refractivity contribution in [2.75, 3.05) is 17.7 Å². The number of aromatic nitrogens is 1. The summed E-state index contributed by atoms with van der Waals surface area (Å²) in [5.41, 5.74) is 4.11. The zero-order chi connectivity index (χ0) is 18.4. The monoisotopic (exact) mass is 347 g/mol. The maximum Gasteiger partial charge on any atom is 0.274 e. The van der Waals surface area contributed by atoms with Crippen molar-refractivity contribution < 1.29 is 9.53 Å². The van der Waals surface area contributed by atoms with Crippen LogP contribution >= 0.6 is 0 Å². The fraction of sp³-hybridized carbons (Fsp3) is 0.143. The number of hydrogen-bond donors (Lipinski definition) is 2. The smallest absolute Gasteiger partial charge is 0.274 e. The van der Waals surface area contributed by atoms with Crippen LogP contribution in [0.5, 0.6) is 5.75 Å². The van der Waals surface area contributed by atoms with Crippen LogP contribution in [0.15, 0.2) is 66.9 Å². The lowest BCUT2D eigenvalue weighted by Gasteiger charge is -2.10. The molecule has 0 radical (unpaired) electrons. The number of methoxy groups -OCH3 is 1. The van der Waals surface area contributed by atoms with E-state index in [1.54, 1.807) is 19.4 Å². The molecule has 3 rings (SSSR count).